The van der Waals surface area contributed by atoms with Gasteiger partial charge in [0, 0.05) is 46.3 Å². The molecule has 2 aromatic rings. The number of anilines is 1. The van der Waals surface area contributed by atoms with E-state index in [0.29, 0.717) is 27.3 Å². The summed E-state index contributed by atoms with van der Waals surface area (Å²) in [4.78, 5) is 50.0. The number of benzene rings is 3. The van der Waals surface area contributed by atoms with Crippen LogP contribution >= 0.6 is 10.8 Å². The zero-order chi connectivity index (χ0) is 31.7. The smallest absolute Gasteiger partial charge is 0.408 e. The quantitative estimate of drug-likeness (QED) is 0.159. The van der Waals surface area contributed by atoms with E-state index < -0.39 is 38.5 Å². The summed E-state index contributed by atoms with van der Waals surface area (Å²) in [7, 11) is -3.12. The molecule has 1 aliphatic carbocycles. The summed E-state index contributed by atoms with van der Waals surface area (Å²) in [6.07, 6.45) is 0.0189. The minimum absolute atomic E-state index is 0.0558. The maximum Gasteiger partial charge on any atom is 0.408 e. The van der Waals surface area contributed by atoms with Gasteiger partial charge in [-0.3, -0.25) is 9.59 Å². The van der Waals surface area contributed by atoms with Crippen LogP contribution in [-0.2, 0) is 18.4 Å². The second-order valence-electron chi connectivity index (χ2n) is 10.6. The second kappa shape index (κ2) is 12.0. The molecule has 0 unspecified atom stereocenters. The van der Waals surface area contributed by atoms with Crippen molar-refractivity contribution in [2.24, 2.45) is 0 Å². The summed E-state index contributed by atoms with van der Waals surface area (Å²) in [6, 6.07) is 11.2. The van der Waals surface area contributed by atoms with E-state index >= 15 is 0 Å². The highest BCUT2D eigenvalue weighted by atomic mass is 33.1. The summed E-state index contributed by atoms with van der Waals surface area (Å²) in [5.74, 6) is -2.40. The number of carboxylic acid groups (broad SMARTS) is 1. The zero-order valence-corrected chi connectivity index (χ0v) is 25.1. The molecule has 12 nitrogen and oxygen atoms in total. The van der Waals surface area contributed by atoms with Gasteiger partial charge in [0.25, 0.3) is 0 Å². The van der Waals surface area contributed by atoms with Crippen molar-refractivity contribution in [2.45, 2.75) is 32.4 Å². The molecule has 4 rings (SSSR count). The van der Waals surface area contributed by atoms with Crippen molar-refractivity contribution in [1.29, 1.82) is 0 Å². The number of carbonyl (C=O) groups excluding carboxylic acids is 2. The molecular weight excluding hydrogens is 600 g/mol. The Morgan fingerprint density at radius 3 is 2.37 bits per heavy atom. The van der Waals surface area contributed by atoms with Gasteiger partial charge in [-0.1, -0.05) is 6.07 Å². The van der Waals surface area contributed by atoms with Crippen LogP contribution in [0.1, 0.15) is 31.1 Å². The van der Waals surface area contributed by atoms with E-state index in [9.17, 15) is 37.8 Å². The highest BCUT2D eigenvalue weighted by Crippen LogP contribution is 2.42. The summed E-state index contributed by atoms with van der Waals surface area (Å²) >= 11 is 0. The van der Waals surface area contributed by atoms with Crippen LogP contribution in [0, 0.1) is 0 Å². The first-order valence-electron chi connectivity index (χ1n) is 12.7. The Labute approximate surface area is 249 Å². The largest absolute Gasteiger partial charge is 0.508 e. The topological polar surface area (TPSA) is 189 Å². The first-order chi connectivity index (χ1) is 20.0. The van der Waals surface area contributed by atoms with E-state index in [4.69, 9.17) is 9.15 Å². The van der Waals surface area contributed by atoms with E-state index in [2.05, 4.69) is 10.6 Å². The maximum absolute atomic E-state index is 13.2. The van der Waals surface area contributed by atoms with Crippen molar-refractivity contribution in [3.05, 3.63) is 70.4 Å². The van der Waals surface area contributed by atoms with E-state index in [1.807, 2.05) is 0 Å². The molecule has 1 heterocycles. The average molecular weight is 629 g/mol. The number of hydrogen-bond donors (Lipinski definition) is 4. The highest BCUT2D eigenvalue weighted by Gasteiger charge is 2.27. The van der Waals surface area contributed by atoms with E-state index in [-0.39, 0.29) is 45.1 Å². The molecule has 0 radical (unpaired) electrons. The number of hydrogen-bond acceptors (Lipinski definition) is 10. The molecule has 0 fully saturated rings. The van der Waals surface area contributed by atoms with Gasteiger partial charge < -0.3 is 30.0 Å². The SMILES string of the molecule is CC(C)(C)OC(=O)N[C@H](CSS(C)(=O)=O)C(=O)Nc1ccc(-c2c3ccc(=O)cc-3oc3cc(O)ccc23)c(C(=O)O)c1. The van der Waals surface area contributed by atoms with Crippen molar-refractivity contribution in [3.8, 4) is 28.2 Å². The van der Waals surface area contributed by atoms with E-state index in [1.165, 1.54) is 48.5 Å². The number of amides is 2. The monoisotopic (exact) mass is 628 g/mol. The summed E-state index contributed by atoms with van der Waals surface area (Å²) < 4.78 is 34.5. The van der Waals surface area contributed by atoms with Crippen molar-refractivity contribution in [2.75, 3.05) is 17.3 Å². The van der Waals surface area contributed by atoms with Crippen molar-refractivity contribution in [3.63, 3.8) is 0 Å². The number of aromatic carboxylic acids is 1. The van der Waals surface area contributed by atoms with Crippen LogP contribution in [-0.4, -0.2) is 60.3 Å². The molecule has 2 amide bonds. The maximum atomic E-state index is 13.2. The third-order valence-corrected chi connectivity index (χ3v) is 8.51. The normalized spacial score (nSPS) is 12.6. The fourth-order valence-corrected chi connectivity index (χ4v) is 5.99. The Kier molecular flexibility index (Phi) is 8.74. The average Bonchev–Trinajstić information content (AvgIpc) is 2.88. The highest BCUT2D eigenvalue weighted by molar-refractivity contribution is 8.71. The van der Waals surface area contributed by atoms with Gasteiger partial charge in [0.05, 0.1) is 5.56 Å². The first-order valence-corrected chi connectivity index (χ1v) is 16.1. The van der Waals surface area contributed by atoms with Crippen molar-refractivity contribution < 1.29 is 42.2 Å². The fourth-order valence-electron chi connectivity index (χ4n) is 4.22. The molecule has 1 aliphatic heterocycles. The van der Waals surface area contributed by atoms with Crippen LogP contribution in [0.5, 0.6) is 5.75 Å². The number of carbonyl (C=O) groups is 3. The number of rotatable bonds is 8. The molecule has 2 aliphatic rings. The lowest BCUT2D eigenvalue weighted by atomic mass is 9.90. The Morgan fingerprint density at radius 1 is 1.02 bits per heavy atom. The van der Waals surface area contributed by atoms with Crippen LogP contribution in [0.2, 0.25) is 0 Å². The second-order valence-corrected chi connectivity index (χ2v) is 15.1. The molecular formula is C29H28N2O10S2. The Hall–Kier alpha value is -4.56. The van der Waals surface area contributed by atoms with E-state index in [0.717, 1.165) is 6.26 Å². The number of phenols is 1. The van der Waals surface area contributed by atoms with Crippen molar-refractivity contribution >= 4 is 54.3 Å². The molecule has 14 heteroatoms. The van der Waals surface area contributed by atoms with Gasteiger partial charge in [-0.15, -0.1) is 0 Å². The van der Waals surface area contributed by atoms with Gasteiger partial charge >= 0.3 is 12.1 Å². The van der Waals surface area contributed by atoms with Crippen LogP contribution in [0.3, 0.4) is 0 Å². The minimum atomic E-state index is -3.57. The lowest BCUT2D eigenvalue weighted by molar-refractivity contribution is -0.117. The fraction of sp³-hybridized carbons (Fsp3) is 0.241. The molecule has 226 valence electrons. The Morgan fingerprint density at radius 2 is 1.72 bits per heavy atom. The van der Waals surface area contributed by atoms with Gasteiger partial charge in [-0.25, -0.2) is 18.0 Å². The molecule has 0 bridgehead atoms. The predicted octanol–water partition coefficient (Wildman–Crippen LogP) is 4.49. The Balaban J connectivity index is 1.75. The van der Waals surface area contributed by atoms with Gasteiger partial charge in [-0.05, 0) is 73.5 Å². The molecule has 4 N–H and O–H groups in total. The number of carboxylic acids is 1. The van der Waals surface area contributed by atoms with Gasteiger partial charge in [0.15, 0.2) is 14.3 Å². The third kappa shape index (κ3) is 7.84. The minimum Gasteiger partial charge on any atom is -0.508 e. The Bertz CT molecular complexity index is 1880. The summed E-state index contributed by atoms with van der Waals surface area (Å²) in [5.41, 5.74) is -0.0703. The number of phenolic OH excluding ortho intramolecular Hbond substituents is 1. The van der Waals surface area contributed by atoms with E-state index in [1.54, 1.807) is 26.8 Å². The van der Waals surface area contributed by atoms with Crippen molar-refractivity contribution in [1.82, 2.24) is 5.32 Å². The molecule has 2 aromatic carbocycles. The predicted molar refractivity (Wildman–Crippen MR) is 162 cm³/mol. The summed E-state index contributed by atoms with van der Waals surface area (Å²) in [6.45, 7) is 4.87. The van der Waals surface area contributed by atoms with Gasteiger partial charge in [-0.2, -0.15) is 0 Å². The first kappa shape index (κ1) is 31.4. The van der Waals surface area contributed by atoms with Crippen LogP contribution < -0.4 is 16.1 Å². The standard InChI is InChI=1S/C29H28N2O10S2/c1-29(2,3)41-28(37)31-22(14-42-43(4,38)39)26(34)30-15-5-8-18(21(11-15)27(35)36)25-19-9-6-16(32)12-23(19)40-24-13-17(33)7-10-20(24)25/h5-13,22,32H,14H2,1-4H3,(H,30,34)(H,31,37)(H,35,36)/t22-/m1/s1. The molecule has 43 heavy (non-hydrogen) atoms. The van der Waals surface area contributed by atoms with Crippen LogP contribution in [0.25, 0.3) is 33.4 Å². The third-order valence-electron chi connectivity index (χ3n) is 5.92. The van der Waals surface area contributed by atoms with Gasteiger partial charge in [0.2, 0.25) is 5.91 Å². The number of fused-ring (bicyclic) bond motifs is 2. The van der Waals surface area contributed by atoms with Crippen LogP contribution in [0.4, 0.5) is 10.5 Å². The molecule has 0 spiro atoms. The number of ether oxygens (including phenoxy) is 1. The van der Waals surface area contributed by atoms with Gasteiger partial charge in [0.1, 0.15) is 28.7 Å². The lowest BCUT2D eigenvalue weighted by Crippen LogP contribution is -2.47. The molecule has 0 saturated carbocycles. The lowest BCUT2D eigenvalue weighted by Gasteiger charge is -2.23. The number of alkyl carbamates (subject to hydrolysis) is 1. The number of aromatic hydroxyl groups is 1. The molecule has 0 aromatic heterocycles. The molecule has 0 saturated heterocycles. The zero-order valence-electron chi connectivity index (χ0n) is 23.5. The summed E-state index contributed by atoms with van der Waals surface area (Å²) in [5, 5.41) is 25.5. The number of nitrogens with one attached hydrogen (secondary N) is 2. The molecule has 1 atom stereocenters. The van der Waals surface area contributed by atoms with Crippen LogP contribution in [0.15, 0.2) is 63.8 Å².